The highest BCUT2D eigenvalue weighted by Gasteiger charge is 2.23. The molecule has 0 saturated carbocycles. The molecule has 1 aliphatic rings. The number of H-pyrrole nitrogens is 1. The van der Waals surface area contributed by atoms with Gasteiger partial charge >= 0.3 is 0 Å². The van der Waals surface area contributed by atoms with E-state index < -0.39 is 15.4 Å². The van der Waals surface area contributed by atoms with Gasteiger partial charge in [0.15, 0.2) is 15.6 Å². The Labute approximate surface area is 150 Å². The van der Waals surface area contributed by atoms with Crippen molar-refractivity contribution in [1.29, 1.82) is 5.26 Å². The second-order valence-corrected chi connectivity index (χ2v) is 8.10. The van der Waals surface area contributed by atoms with Crippen LogP contribution in [0.3, 0.4) is 0 Å². The van der Waals surface area contributed by atoms with Crippen LogP contribution < -0.4 is 15.6 Å². The maximum absolute atomic E-state index is 12.4. The van der Waals surface area contributed by atoms with Crippen LogP contribution in [-0.2, 0) is 9.84 Å². The van der Waals surface area contributed by atoms with Crippen LogP contribution in [0, 0.1) is 11.3 Å². The zero-order valence-electron chi connectivity index (χ0n) is 14.2. The van der Waals surface area contributed by atoms with Gasteiger partial charge in [-0.15, -0.1) is 0 Å². The summed E-state index contributed by atoms with van der Waals surface area (Å²) in [5.41, 5.74) is 0.127. The Bertz CT molecular complexity index is 1000. The molecule has 0 spiro atoms. The molecular formula is C17H18N4O4S. The number of aromatic nitrogens is 2. The second-order valence-electron chi connectivity index (χ2n) is 6.08. The normalized spacial score (nSPS) is 15.4. The molecule has 8 nitrogen and oxygen atoms in total. The van der Waals surface area contributed by atoms with Crippen LogP contribution in [0.4, 0.5) is 0 Å². The average molecular weight is 374 g/mol. The Morgan fingerprint density at radius 2 is 1.88 bits per heavy atom. The van der Waals surface area contributed by atoms with Gasteiger partial charge in [0.1, 0.15) is 12.2 Å². The largest absolute Gasteiger partial charge is 0.486 e. The van der Waals surface area contributed by atoms with Crippen LogP contribution in [0.2, 0.25) is 0 Å². The third-order valence-corrected chi connectivity index (χ3v) is 5.31. The van der Waals surface area contributed by atoms with Crippen LogP contribution in [0.5, 0.6) is 5.75 Å². The average Bonchev–Trinajstić information content (AvgIpc) is 2.62. The molecular weight excluding hydrogens is 356 g/mol. The summed E-state index contributed by atoms with van der Waals surface area (Å²) in [7, 11) is -3.35. The first kappa shape index (κ1) is 18.1. The van der Waals surface area contributed by atoms with E-state index in [4.69, 9.17) is 4.74 Å². The molecule has 1 fully saturated rings. The summed E-state index contributed by atoms with van der Waals surface area (Å²) >= 11 is 0. The molecule has 0 radical (unpaired) electrons. The first-order valence-electron chi connectivity index (χ1n) is 8.11. The fraction of sp³-hybridized carbons (Fsp3) is 0.353. The van der Waals surface area contributed by atoms with Gasteiger partial charge in [-0.2, -0.15) is 10.4 Å². The van der Waals surface area contributed by atoms with Crippen molar-refractivity contribution in [3.8, 4) is 22.9 Å². The van der Waals surface area contributed by atoms with E-state index in [9.17, 15) is 18.5 Å². The van der Waals surface area contributed by atoms with E-state index in [0.717, 1.165) is 32.2 Å². The SMILES string of the molecule is CS(=O)(=O)c1ccc(-c2c(OC3CCNCC3)c(C#N)n[nH]c2=O)cc1. The lowest BCUT2D eigenvalue weighted by atomic mass is 10.1. The summed E-state index contributed by atoms with van der Waals surface area (Å²) in [6.45, 7) is 1.59. The Hall–Kier alpha value is -2.70. The van der Waals surface area contributed by atoms with Gasteiger partial charge in [0.25, 0.3) is 5.56 Å². The van der Waals surface area contributed by atoms with Gasteiger partial charge in [0, 0.05) is 6.26 Å². The number of hydrogen-bond acceptors (Lipinski definition) is 7. The molecule has 9 heteroatoms. The lowest BCUT2D eigenvalue weighted by Gasteiger charge is -2.25. The number of sulfone groups is 1. The van der Waals surface area contributed by atoms with Gasteiger partial charge in [-0.1, -0.05) is 12.1 Å². The lowest BCUT2D eigenvalue weighted by molar-refractivity contribution is 0.161. The summed E-state index contributed by atoms with van der Waals surface area (Å²) in [4.78, 5) is 12.5. The Morgan fingerprint density at radius 3 is 2.46 bits per heavy atom. The quantitative estimate of drug-likeness (QED) is 0.812. The number of ether oxygens (including phenoxy) is 1. The summed E-state index contributed by atoms with van der Waals surface area (Å²) in [5, 5.41) is 18.6. The first-order valence-corrected chi connectivity index (χ1v) is 10.00. The Morgan fingerprint density at radius 1 is 1.23 bits per heavy atom. The Balaban J connectivity index is 2.08. The van der Waals surface area contributed by atoms with E-state index in [1.54, 1.807) is 0 Å². The van der Waals surface area contributed by atoms with Crippen molar-refractivity contribution in [3.05, 3.63) is 40.3 Å². The predicted molar refractivity (Wildman–Crippen MR) is 94.6 cm³/mol. The van der Waals surface area contributed by atoms with Crippen molar-refractivity contribution in [2.45, 2.75) is 23.8 Å². The number of nitriles is 1. The van der Waals surface area contributed by atoms with Gasteiger partial charge in [-0.25, -0.2) is 13.5 Å². The van der Waals surface area contributed by atoms with Crippen molar-refractivity contribution in [1.82, 2.24) is 15.5 Å². The van der Waals surface area contributed by atoms with E-state index in [1.165, 1.54) is 24.3 Å². The number of piperidine rings is 1. The second kappa shape index (κ2) is 7.27. The van der Waals surface area contributed by atoms with E-state index in [2.05, 4.69) is 15.5 Å². The van der Waals surface area contributed by atoms with Crippen LogP contribution in [0.25, 0.3) is 11.1 Å². The molecule has 1 aromatic carbocycles. The zero-order chi connectivity index (χ0) is 18.7. The van der Waals surface area contributed by atoms with E-state index >= 15 is 0 Å². The predicted octanol–water partition coefficient (Wildman–Crippen LogP) is 0.843. The topological polar surface area (TPSA) is 125 Å². The molecule has 26 heavy (non-hydrogen) atoms. The Kier molecular flexibility index (Phi) is 5.06. The highest BCUT2D eigenvalue weighted by atomic mass is 32.2. The standard InChI is InChI=1S/C17H18N4O4S/c1-26(23,24)13-4-2-11(3-5-13)15-16(14(10-18)20-21-17(15)22)25-12-6-8-19-9-7-12/h2-5,12,19H,6-9H2,1H3,(H,21,22). The molecule has 3 rings (SSSR count). The summed E-state index contributed by atoms with van der Waals surface area (Å²) in [6, 6.07) is 7.83. The summed E-state index contributed by atoms with van der Waals surface area (Å²) < 4.78 is 29.2. The van der Waals surface area contributed by atoms with Crippen LogP contribution >= 0.6 is 0 Å². The van der Waals surface area contributed by atoms with Crippen molar-refractivity contribution in [3.63, 3.8) is 0 Å². The molecule has 1 aliphatic heterocycles. The number of nitrogens with one attached hydrogen (secondary N) is 2. The molecule has 136 valence electrons. The number of nitrogens with zero attached hydrogens (tertiary/aromatic N) is 2. The maximum Gasteiger partial charge on any atom is 0.275 e. The van der Waals surface area contributed by atoms with E-state index in [0.29, 0.717) is 5.56 Å². The van der Waals surface area contributed by atoms with Crippen LogP contribution in [0.15, 0.2) is 34.0 Å². The minimum atomic E-state index is -3.35. The molecule has 0 bridgehead atoms. The van der Waals surface area contributed by atoms with Crippen LogP contribution in [0.1, 0.15) is 18.5 Å². The first-order chi connectivity index (χ1) is 12.4. The highest BCUT2D eigenvalue weighted by Crippen LogP contribution is 2.31. The van der Waals surface area contributed by atoms with Gasteiger partial charge in [-0.05, 0) is 43.6 Å². The molecule has 0 amide bonds. The van der Waals surface area contributed by atoms with Gasteiger partial charge < -0.3 is 10.1 Å². The molecule has 2 heterocycles. The van der Waals surface area contributed by atoms with Crippen LogP contribution in [-0.4, -0.2) is 44.1 Å². The van der Waals surface area contributed by atoms with Crippen molar-refractivity contribution in [2.24, 2.45) is 0 Å². The summed E-state index contributed by atoms with van der Waals surface area (Å²) in [6.07, 6.45) is 2.50. The molecule has 2 aromatic rings. The van der Waals surface area contributed by atoms with Gasteiger partial charge in [0.2, 0.25) is 5.69 Å². The number of aromatic amines is 1. The minimum Gasteiger partial charge on any atom is -0.486 e. The van der Waals surface area contributed by atoms with Gasteiger partial charge in [-0.3, -0.25) is 4.79 Å². The number of hydrogen-bond donors (Lipinski definition) is 2. The molecule has 0 atom stereocenters. The number of rotatable bonds is 4. The molecule has 0 aliphatic carbocycles. The molecule has 0 unspecified atom stereocenters. The highest BCUT2D eigenvalue weighted by molar-refractivity contribution is 7.90. The van der Waals surface area contributed by atoms with Crippen molar-refractivity contribution >= 4 is 9.84 Å². The fourth-order valence-corrected chi connectivity index (χ4v) is 3.47. The molecule has 1 aromatic heterocycles. The van der Waals surface area contributed by atoms with Crippen molar-refractivity contribution in [2.75, 3.05) is 19.3 Å². The summed E-state index contributed by atoms with van der Waals surface area (Å²) in [5.74, 6) is 0.134. The van der Waals surface area contributed by atoms with E-state index in [-0.39, 0.29) is 28.0 Å². The third kappa shape index (κ3) is 3.76. The monoisotopic (exact) mass is 374 g/mol. The van der Waals surface area contributed by atoms with E-state index in [1.807, 2.05) is 6.07 Å². The smallest absolute Gasteiger partial charge is 0.275 e. The molecule has 1 saturated heterocycles. The minimum absolute atomic E-state index is 0.00896. The fourth-order valence-electron chi connectivity index (χ4n) is 2.84. The zero-order valence-corrected chi connectivity index (χ0v) is 15.0. The maximum atomic E-state index is 12.4. The van der Waals surface area contributed by atoms with Crippen molar-refractivity contribution < 1.29 is 13.2 Å². The van der Waals surface area contributed by atoms with Gasteiger partial charge in [0.05, 0.1) is 10.5 Å². The number of benzene rings is 1. The lowest BCUT2D eigenvalue weighted by Crippen LogP contribution is -2.34. The third-order valence-electron chi connectivity index (χ3n) is 4.19. The molecule has 2 N–H and O–H groups in total.